The number of ether oxygens (including phenoxy) is 1. The summed E-state index contributed by atoms with van der Waals surface area (Å²) in [6.07, 6.45) is 0.937. The fourth-order valence-electron chi connectivity index (χ4n) is 3.12. The van der Waals surface area contributed by atoms with Crippen molar-refractivity contribution in [2.75, 3.05) is 0 Å². The fourth-order valence-corrected chi connectivity index (χ4v) is 4.22. The summed E-state index contributed by atoms with van der Waals surface area (Å²) in [5.41, 5.74) is 2.39. The van der Waals surface area contributed by atoms with Gasteiger partial charge in [0.15, 0.2) is 6.23 Å². The van der Waals surface area contributed by atoms with Gasteiger partial charge in [-0.2, -0.15) is 5.10 Å². The van der Waals surface area contributed by atoms with Crippen molar-refractivity contribution in [3.05, 3.63) is 50.6 Å². The predicted octanol–water partition coefficient (Wildman–Crippen LogP) is 5.04. The van der Waals surface area contributed by atoms with E-state index in [-0.39, 0.29) is 12.3 Å². The van der Waals surface area contributed by atoms with Gasteiger partial charge in [-0.05, 0) is 29.6 Å². The van der Waals surface area contributed by atoms with Gasteiger partial charge in [0, 0.05) is 22.4 Å². The molecule has 0 amide bonds. The van der Waals surface area contributed by atoms with Gasteiger partial charge in [-0.25, -0.2) is 5.01 Å². The van der Waals surface area contributed by atoms with E-state index in [1.165, 1.54) is 16.2 Å². The van der Waals surface area contributed by atoms with Gasteiger partial charge in [-0.15, -0.1) is 11.3 Å². The highest BCUT2D eigenvalue weighted by molar-refractivity contribution is 9.10. The summed E-state index contributed by atoms with van der Waals surface area (Å²) >= 11 is 5.33. The molecule has 3 heterocycles. The molecule has 0 saturated carbocycles. The van der Waals surface area contributed by atoms with Crippen LogP contribution in [-0.4, -0.2) is 16.9 Å². The Bertz CT molecular complexity index is 726. The summed E-state index contributed by atoms with van der Waals surface area (Å²) in [4.78, 5) is 1.26. The third-order valence-electron chi connectivity index (χ3n) is 4.16. The van der Waals surface area contributed by atoms with Gasteiger partial charge < -0.3 is 4.74 Å². The molecule has 0 spiro atoms. The highest BCUT2D eigenvalue weighted by Gasteiger charge is 2.41. The third-order valence-corrected chi connectivity index (χ3v) is 5.57. The van der Waals surface area contributed by atoms with E-state index in [1.54, 1.807) is 11.3 Å². The lowest BCUT2D eigenvalue weighted by Crippen LogP contribution is -2.43. The molecule has 3 nitrogen and oxygen atoms in total. The fraction of sp³-hybridized carbons (Fsp3) is 0.353. The number of fused-ring (bicyclic) bond motifs is 3. The van der Waals surface area contributed by atoms with Crippen molar-refractivity contribution in [3.63, 3.8) is 0 Å². The minimum atomic E-state index is -0.00358. The lowest BCUT2D eigenvalue weighted by atomic mass is 9.97. The zero-order valence-electron chi connectivity index (χ0n) is 12.5. The molecule has 0 radical (unpaired) electrons. The minimum absolute atomic E-state index is 0.00358. The Morgan fingerprint density at radius 2 is 2.23 bits per heavy atom. The lowest BCUT2D eigenvalue weighted by Gasteiger charge is -2.40. The highest BCUT2D eigenvalue weighted by Crippen LogP contribution is 2.45. The molecule has 0 unspecified atom stereocenters. The van der Waals surface area contributed by atoms with Crippen LogP contribution in [0.2, 0.25) is 0 Å². The van der Waals surface area contributed by atoms with Crippen LogP contribution in [0, 0.1) is 5.92 Å². The Hall–Kier alpha value is -1.33. The Morgan fingerprint density at radius 1 is 1.36 bits per heavy atom. The predicted molar refractivity (Wildman–Crippen MR) is 93.4 cm³/mol. The Morgan fingerprint density at radius 3 is 2.95 bits per heavy atom. The van der Waals surface area contributed by atoms with E-state index in [0.717, 1.165) is 16.6 Å². The van der Waals surface area contributed by atoms with Crippen LogP contribution in [0.25, 0.3) is 0 Å². The monoisotopic (exact) mass is 376 g/mol. The summed E-state index contributed by atoms with van der Waals surface area (Å²) in [5.74, 6) is 1.37. The molecule has 114 valence electrons. The van der Waals surface area contributed by atoms with E-state index in [0.29, 0.717) is 5.92 Å². The number of benzene rings is 1. The van der Waals surface area contributed by atoms with Gasteiger partial charge in [0.05, 0.1) is 16.6 Å². The van der Waals surface area contributed by atoms with Crippen LogP contribution >= 0.6 is 27.3 Å². The second-order valence-electron chi connectivity index (χ2n) is 6.06. The maximum absolute atomic E-state index is 6.23. The molecule has 1 aromatic heterocycles. The average molecular weight is 377 g/mol. The van der Waals surface area contributed by atoms with Gasteiger partial charge in [0.1, 0.15) is 5.75 Å². The van der Waals surface area contributed by atoms with E-state index in [9.17, 15) is 0 Å². The number of thiophene rings is 1. The number of rotatable bonds is 2. The number of hydrogen-bond donors (Lipinski definition) is 0. The topological polar surface area (TPSA) is 24.8 Å². The Labute approximate surface area is 142 Å². The van der Waals surface area contributed by atoms with Crippen molar-refractivity contribution in [2.45, 2.75) is 32.5 Å². The zero-order valence-corrected chi connectivity index (χ0v) is 14.9. The smallest absolute Gasteiger partial charge is 0.190 e. The standard InChI is InChI=1S/C17H17BrN2OS/c1-10(2)17-20-14(9-13(19-20)16-4-3-7-22-16)12-8-11(18)5-6-15(12)21-17/h3-8,10,14,17H,9H2,1-2H3/t14-,17+/m0/s1. The van der Waals surface area contributed by atoms with Crippen molar-refractivity contribution in [2.24, 2.45) is 11.0 Å². The van der Waals surface area contributed by atoms with E-state index >= 15 is 0 Å². The van der Waals surface area contributed by atoms with Crippen LogP contribution in [0.15, 0.2) is 45.3 Å². The second-order valence-corrected chi connectivity index (χ2v) is 7.92. The molecule has 2 aromatic rings. The van der Waals surface area contributed by atoms with Crippen molar-refractivity contribution >= 4 is 33.0 Å². The molecule has 0 saturated heterocycles. The number of hydrazone groups is 1. The third kappa shape index (κ3) is 2.27. The molecule has 22 heavy (non-hydrogen) atoms. The van der Waals surface area contributed by atoms with Crippen molar-refractivity contribution in [3.8, 4) is 5.75 Å². The van der Waals surface area contributed by atoms with E-state index in [2.05, 4.69) is 64.4 Å². The molecule has 0 aliphatic carbocycles. The van der Waals surface area contributed by atoms with Crippen LogP contribution in [0.1, 0.15) is 36.8 Å². The molecule has 1 aromatic carbocycles. The molecule has 0 bridgehead atoms. The summed E-state index contributed by atoms with van der Waals surface area (Å²) in [5, 5.41) is 9.17. The Kier molecular flexibility index (Phi) is 3.50. The highest BCUT2D eigenvalue weighted by atomic mass is 79.9. The molecular formula is C17H17BrN2OS. The molecule has 0 N–H and O–H groups in total. The van der Waals surface area contributed by atoms with Crippen molar-refractivity contribution < 1.29 is 4.74 Å². The second kappa shape index (κ2) is 5.39. The minimum Gasteiger partial charge on any atom is -0.468 e. The van der Waals surface area contributed by atoms with E-state index in [4.69, 9.17) is 9.84 Å². The zero-order chi connectivity index (χ0) is 15.3. The molecular weight excluding hydrogens is 360 g/mol. The summed E-state index contributed by atoms with van der Waals surface area (Å²) in [7, 11) is 0. The molecule has 0 fully saturated rings. The van der Waals surface area contributed by atoms with Crippen LogP contribution in [0.3, 0.4) is 0 Å². The number of hydrogen-bond acceptors (Lipinski definition) is 4. The first kappa shape index (κ1) is 14.3. The molecule has 5 heteroatoms. The largest absolute Gasteiger partial charge is 0.468 e. The SMILES string of the molecule is CC(C)[C@H]1Oc2ccc(Br)cc2[C@@H]2CC(c3cccs3)=NN12. The van der Waals surface area contributed by atoms with E-state index < -0.39 is 0 Å². The maximum atomic E-state index is 6.23. The van der Waals surface area contributed by atoms with Gasteiger partial charge in [0.25, 0.3) is 0 Å². The first-order valence-corrected chi connectivity index (χ1v) is 9.16. The van der Waals surface area contributed by atoms with E-state index in [1.807, 2.05) is 6.07 Å². The van der Waals surface area contributed by atoms with Gasteiger partial charge in [0.2, 0.25) is 0 Å². The van der Waals surface area contributed by atoms with Gasteiger partial charge in [-0.1, -0.05) is 35.8 Å². The normalized spacial score (nSPS) is 23.1. The lowest BCUT2D eigenvalue weighted by molar-refractivity contribution is -0.0461. The molecule has 2 atom stereocenters. The first-order valence-electron chi connectivity index (χ1n) is 7.49. The van der Waals surface area contributed by atoms with Crippen LogP contribution in [0.5, 0.6) is 5.75 Å². The first-order chi connectivity index (χ1) is 10.6. The van der Waals surface area contributed by atoms with Gasteiger partial charge >= 0.3 is 0 Å². The average Bonchev–Trinajstić information content (AvgIpc) is 3.15. The summed E-state index contributed by atoms with van der Waals surface area (Å²) < 4.78 is 7.31. The van der Waals surface area contributed by atoms with Crippen molar-refractivity contribution in [1.29, 1.82) is 0 Å². The Balaban J connectivity index is 1.78. The maximum Gasteiger partial charge on any atom is 0.190 e. The van der Waals surface area contributed by atoms with Crippen LogP contribution in [-0.2, 0) is 0 Å². The summed E-state index contributed by atoms with van der Waals surface area (Å²) in [6, 6.07) is 10.8. The number of nitrogens with zero attached hydrogens (tertiary/aromatic N) is 2. The molecule has 4 rings (SSSR count). The quantitative estimate of drug-likeness (QED) is 0.733. The van der Waals surface area contributed by atoms with Crippen LogP contribution in [0.4, 0.5) is 0 Å². The number of halogens is 1. The summed E-state index contributed by atoms with van der Waals surface area (Å²) in [6.45, 7) is 4.37. The van der Waals surface area contributed by atoms with Crippen LogP contribution < -0.4 is 4.74 Å². The molecule has 2 aliphatic rings. The van der Waals surface area contributed by atoms with Crippen molar-refractivity contribution in [1.82, 2.24) is 5.01 Å². The molecule has 2 aliphatic heterocycles. The van der Waals surface area contributed by atoms with Gasteiger partial charge in [-0.3, -0.25) is 0 Å².